The van der Waals surface area contributed by atoms with Gasteiger partial charge in [0.15, 0.2) is 0 Å². The SMILES string of the molecule is Fc1cccc(-c2[nH]ncc2Cl)c1Cl. The molecule has 1 heterocycles. The van der Waals surface area contributed by atoms with Crippen LogP contribution in [0.5, 0.6) is 0 Å². The molecule has 0 unspecified atom stereocenters. The third-order valence-corrected chi connectivity index (χ3v) is 2.48. The van der Waals surface area contributed by atoms with Gasteiger partial charge in [0.2, 0.25) is 0 Å². The van der Waals surface area contributed by atoms with Crippen LogP contribution >= 0.6 is 23.2 Å². The molecule has 5 heteroatoms. The van der Waals surface area contributed by atoms with E-state index in [1.807, 2.05) is 0 Å². The Kier molecular flexibility index (Phi) is 2.44. The van der Waals surface area contributed by atoms with Crippen LogP contribution < -0.4 is 0 Å². The summed E-state index contributed by atoms with van der Waals surface area (Å²) < 4.78 is 13.1. The predicted molar refractivity (Wildman–Crippen MR) is 54.0 cm³/mol. The fourth-order valence-corrected chi connectivity index (χ4v) is 1.57. The first-order valence-corrected chi connectivity index (χ1v) is 4.59. The number of hydrogen-bond acceptors (Lipinski definition) is 1. The molecule has 0 radical (unpaired) electrons. The van der Waals surface area contributed by atoms with Gasteiger partial charge in [-0.3, -0.25) is 5.10 Å². The molecular weight excluding hydrogens is 226 g/mol. The van der Waals surface area contributed by atoms with Crippen LogP contribution in [0.4, 0.5) is 4.39 Å². The van der Waals surface area contributed by atoms with Crippen molar-refractivity contribution in [1.82, 2.24) is 10.2 Å². The van der Waals surface area contributed by atoms with Crippen molar-refractivity contribution in [3.63, 3.8) is 0 Å². The molecule has 2 aromatic rings. The van der Waals surface area contributed by atoms with Crippen LogP contribution in [0.3, 0.4) is 0 Å². The van der Waals surface area contributed by atoms with Crippen molar-refractivity contribution in [3.8, 4) is 11.3 Å². The molecule has 0 fully saturated rings. The Balaban J connectivity index is 2.63. The number of hydrogen-bond donors (Lipinski definition) is 1. The third-order valence-electron chi connectivity index (χ3n) is 1.81. The highest BCUT2D eigenvalue weighted by molar-refractivity contribution is 6.36. The first-order valence-electron chi connectivity index (χ1n) is 3.83. The number of benzene rings is 1. The van der Waals surface area contributed by atoms with Crippen LogP contribution in [0.15, 0.2) is 24.4 Å². The van der Waals surface area contributed by atoms with E-state index in [-0.39, 0.29) is 5.02 Å². The average Bonchev–Trinajstić information content (AvgIpc) is 2.57. The highest BCUT2D eigenvalue weighted by atomic mass is 35.5. The molecule has 0 amide bonds. The van der Waals surface area contributed by atoms with Crippen molar-refractivity contribution in [3.05, 3.63) is 40.3 Å². The average molecular weight is 231 g/mol. The van der Waals surface area contributed by atoms with E-state index in [1.165, 1.54) is 12.3 Å². The van der Waals surface area contributed by atoms with Crippen molar-refractivity contribution < 1.29 is 4.39 Å². The molecule has 2 rings (SSSR count). The van der Waals surface area contributed by atoms with Gasteiger partial charge in [0.1, 0.15) is 5.82 Å². The maximum absolute atomic E-state index is 13.1. The summed E-state index contributed by atoms with van der Waals surface area (Å²) in [5.74, 6) is -0.477. The summed E-state index contributed by atoms with van der Waals surface area (Å²) in [5, 5.41) is 6.84. The highest BCUT2D eigenvalue weighted by Gasteiger charge is 2.11. The second-order valence-corrected chi connectivity index (χ2v) is 3.48. The summed E-state index contributed by atoms with van der Waals surface area (Å²) in [6.07, 6.45) is 1.44. The lowest BCUT2D eigenvalue weighted by Gasteiger charge is -2.02. The van der Waals surface area contributed by atoms with Gasteiger partial charge in [-0.15, -0.1) is 0 Å². The van der Waals surface area contributed by atoms with E-state index in [4.69, 9.17) is 23.2 Å². The van der Waals surface area contributed by atoms with Gasteiger partial charge in [0.05, 0.1) is 21.9 Å². The third kappa shape index (κ3) is 1.49. The minimum absolute atomic E-state index is 0.0404. The first-order chi connectivity index (χ1) is 6.70. The van der Waals surface area contributed by atoms with Gasteiger partial charge < -0.3 is 0 Å². The van der Waals surface area contributed by atoms with Crippen LogP contribution in [0.1, 0.15) is 0 Å². The molecule has 1 N–H and O–H groups in total. The van der Waals surface area contributed by atoms with Crippen molar-refractivity contribution in [2.45, 2.75) is 0 Å². The van der Waals surface area contributed by atoms with E-state index in [0.717, 1.165) is 0 Å². The molecule has 0 atom stereocenters. The van der Waals surface area contributed by atoms with E-state index in [9.17, 15) is 4.39 Å². The Labute approximate surface area is 89.7 Å². The van der Waals surface area contributed by atoms with Gasteiger partial charge in [-0.1, -0.05) is 35.3 Å². The van der Waals surface area contributed by atoms with Gasteiger partial charge in [-0.2, -0.15) is 5.10 Å². The zero-order valence-electron chi connectivity index (χ0n) is 6.89. The van der Waals surface area contributed by atoms with Gasteiger partial charge in [-0.05, 0) is 6.07 Å². The summed E-state index contributed by atoms with van der Waals surface area (Å²) in [7, 11) is 0. The van der Waals surface area contributed by atoms with Crippen molar-refractivity contribution in [2.75, 3.05) is 0 Å². The molecule has 0 aliphatic rings. The number of aromatic amines is 1. The van der Waals surface area contributed by atoms with Crippen molar-refractivity contribution in [2.24, 2.45) is 0 Å². The predicted octanol–water partition coefficient (Wildman–Crippen LogP) is 3.52. The molecule has 1 aromatic heterocycles. The summed E-state index contributed by atoms with van der Waals surface area (Å²) >= 11 is 11.6. The number of halogens is 3. The minimum Gasteiger partial charge on any atom is -0.276 e. The fraction of sp³-hybridized carbons (Fsp3) is 0. The van der Waals surface area contributed by atoms with E-state index in [1.54, 1.807) is 12.1 Å². The van der Waals surface area contributed by atoms with Gasteiger partial charge in [0, 0.05) is 5.56 Å². The molecule has 14 heavy (non-hydrogen) atoms. The quantitative estimate of drug-likeness (QED) is 0.798. The second-order valence-electron chi connectivity index (χ2n) is 2.69. The molecule has 2 nitrogen and oxygen atoms in total. The monoisotopic (exact) mass is 230 g/mol. The summed E-state index contributed by atoms with van der Waals surface area (Å²) in [6.45, 7) is 0. The van der Waals surface area contributed by atoms with E-state index < -0.39 is 5.82 Å². The largest absolute Gasteiger partial charge is 0.276 e. The number of nitrogens with one attached hydrogen (secondary N) is 1. The van der Waals surface area contributed by atoms with Crippen LogP contribution in [0, 0.1) is 5.82 Å². The zero-order chi connectivity index (χ0) is 10.1. The minimum atomic E-state index is -0.477. The summed E-state index contributed by atoms with van der Waals surface area (Å²) in [4.78, 5) is 0. The Hall–Kier alpha value is -1.06. The van der Waals surface area contributed by atoms with Gasteiger partial charge >= 0.3 is 0 Å². The molecule has 0 aliphatic carbocycles. The van der Waals surface area contributed by atoms with Gasteiger partial charge in [0.25, 0.3) is 0 Å². The van der Waals surface area contributed by atoms with E-state index in [2.05, 4.69) is 10.2 Å². The van der Waals surface area contributed by atoms with Crippen molar-refractivity contribution in [1.29, 1.82) is 0 Å². The molecule has 0 bridgehead atoms. The maximum Gasteiger partial charge on any atom is 0.142 e. The molecule has 1 aromatic carbocycles. The van der Waals surface area contributed by atoms with Crippen LogP contribution in [-0.4, -0.2) is 10.2 Å². The summed E-state index contributed by atoms with van der Waals surface area (Å²) in [5.41, 5.74) is 1.03. The second kappa shape index (κ2) is 3.59. The van der Waals surface area contributed by atoms with Crippen LogP contribution in [-0.2, 0) is 0 Å². The maximum atomic E-state index is 13.1. The molecule has 72 valence electrons. The lowest BCUT2D eigenvalue weighted by Crippen LogP contribution is -1.84. The smallest absolute Gasteiger partial charge is 0.142 e. The van der Waals surface area contributed by atoms with Gasteiger partial charge in [-0.25, -0.2) is 4.39 Å². The first kappa shape index (κ1) is 9.49. The van der Waals surface area contributed by atoms with Crippen LogP contribution in [0.2, 0.25) is 10.0 Å². The topological polar surface area (TPSA) is 28.7 Å². The lowest BCUT2D eigenvalue weighted by molar-refractivity contribution is 0.628. The van der Waals surface area contributed by atoms with Crippen molar-refractivity contribution >= 4 is 23.2 Å². The molecular formula is C9H5Cl2FN2. The zero-order valence-corrected chi connectivity index (χ0v) is 8.40. The fourth-order valence-electron chi connectivity index (χ4n) is 1.16. The number of nitrogens with zero attached hydrogens (tertiary/aromatic N) is 1. The Morgan fingerprint density at radius 3 is 2.71 bits per heavy atom. The summed E-state index contributed by atoms with van der Waals surface area (Å²) in [6, 6.07) is 4.52. The standard InChI is InChI=1S/C9H5Cl2FN2/c10-6-4-13-14-9(6)5-2-1-3-7(12)8(5)11/h1-4H,(H,13,14). The Morgan fingerprint density at radius 2 is 2.07 bits per heavy atom. The normalized spacial score (nSPS) is 10.5. The van der Waals surface area contributed by atoms with E-state index >= 15 is 0 Å². The Morgan fingerprint density at radius 1 is 1.29 bits per heavy atom. The highest BCUT2D eigenvalue weighted by Crippen LogP contribution is 2.32. The number of aromatic nitrogens is 2. The Bertz CT molecular complexity index is 468. The molecule has 0 spiro atoms. The molecule has 0 saturated carbocycles. The van der Waals surface area contributed by atoms with E-state index in [0.29, 0.717) is 16.3 Å². The number of rotatable bonds is 1. The molecule has 0 aliphatic heterocycles. The molecule has 0 saturated heterocycles. The van der Waals surface area contributed by atoms with Crippen LogP contribution in [0.25, 0.3) is 11.3 Å². The number of H-pyrrole nitrogens is 1. The lowest BCUT2D eigenvalue weighted by atomic mass is 10.1.